The van der Waals surface area contributed by atoms with Crippen molar-refractivity contribution in [1.29, 1.82) is 0 Å². The molecule has 1 aliphatic rings. The predicted octanol–water partition coefficient (Wildman–Crippen LogP) is 4.02. The van der Waals surface area contributed by atoms with Crippen molar-refractivity contribution >= 4 is 17.3 Å². The van der Waals surface area contributed by atoms with E-state index >= 15 is 0 Å². The summed E-state index contributed by atoms with van der Waals surface area (Å²) in [6.07, 6.45) is -4.50. The van der Waals surface area contributed by atoms with Gasteiger partial charge in [0.15, 0.2) is 0 Å². The van der Waals surface area contributed by atoms with Crippen LogP contribution in [-0.4, -0.2) is 44.0 Å². The fourth-order valence-corrected chi connectivity index (χ4v) is 3.07. The number of hydrogen-bond acceptors (Lipinski definition) is 3. The number of alkyl halides is 3. The molecule has 0 atom stereocenters. The maximum absolute atomic E-state index is 13.6. The molecule has 4 nitrogen and oxygen atoms in total. The van der Waals surface area contributed by atoms with Gasteiger partial charge in [-0.1, -0.05) is 17.7 Å². The van der Waals surface area contributed by atoms with Crippen LogP contribution in [0.2, 0.25) is 0 Å². The first-order valence-corrected chi connectivity index (χ1v) is 8.77. The van der Waals surface area contributed by atoms with Crippen LogP contribution in [0.4, 0.5) is 24.5 Å². The molecule has 0 aliphatic carbocycles. The molecular formula is C20H22F3N3O. The molecule has 0 bridgehead atoms. The summed E-state index contributed by atoms with van der Waals surface area (Å²) in [4.78, 5) is 16.1. The summed E-state index contributed by atoms with van der Waals surface area (Å²) >= 11 is 0. The number of nitrogens with one attached hydrogen (secondary N) is 1. The lowest BCUT2D eigenvalue weighted by Gasteiger charge is -2.35. The highest BCUT2D eigenvalue weighted by Crippen LogP contribution is 2.38. The SMILES string of the molecule is Cc1ccc(C(=O)Nc2ccc(N3CCN(C)CC3)c(C(F)(F)F)c2)cc1. The van der Waals surface area contributed by atoms with E-state index in [2.05, 4.69) is 10.2 Å². The van der Waals surface area contributed by atoms with Crippen molar-refractivity contribution in [2.45, 2.75) is 13.1 Å². The Morgan fingerprint density at radius 1 is 1.00 bits per heavy atom. The number of carbonyl (C=O) groups is 1. The van der Waals surface area contributed by atoms with Crippen LogP contribution in [0.15, 0.2) is 42.5 Å². The Kier molecular flexibility index (Phi) is 5.41. The fraction of sp³-hybridized carbons (Fsp3) is 0.350. The molecule has 1 N–H and O–H groups in total. The van der Waals surface area contributed by atoms with E-state index in [1.54, 1.807) is 29.2 Å². The maximum Gasteiger partial charge on any atom is 0.418 e. The standard InChI is InChI=1S/C20H22F3N3O/c1-14-3-5-15(6-4-14)19(27)24-16-7-8-18(17(13-16)20(21,22)23)26-11-9-25(2)10-12-26/h3-8,13H,9-12H2,1-2H3,(H,24,27). The summed E-state index contributed by atoms with van der Waals surface area (Å²) in [6.45, 7) is 4.39. The summed E-state index contributed by atoms with van der Waals surface area (Å²) < 4.78 is 40.8. The van der Waals surface area contributed by atoms with Crippen LogP contribution < -0.4 is 10.2 Å². The molecular weight excluding hydrogens is 355 g/mol. The molecule has 7 heteroatoms. The molecule has 0 spiro atoms. The average Bonchev–Trinajstić information content (AvgIpc) is 2.62. The minimum atomic E-state index is -4.50. The number of piperazine rings is 1. The number of anilines is 2. The Morgan fingerprint density at radius 3 is 2.22 bits per heavy atom. The smallest absolute Gasteiger partial charge is 0.368 e. The molecule has 2 aromatic carbocycles. The van der Waals surface area contributed by atoms with Crippen molar-refractivity contribution in [3.8, 4) is 0 Å². The first-order valence-electron chi connectivity index (χ1n) is 8.77. The van der Waals surface area contributed by atoms with E-state index in [9.17, 15) is 18.0 Å². The van der Waals surface area contributed by atoms with Crippen LogP contribution in [0, 0.1) is 6.92 Å². The predicted molar refractivity (Wildman–Crippen MR) is 100 cm³/mol. The van der Waals surface area contributed by atoms with Crippen LogP contribution in [-0.2, 0) is 6.18 Å². The van der Waals surface area contributed by atoms with Gasteiger partial charge in [-0.2, -0.15) is 13.2 Å². The molecule has 2 aromatic rings. The zero-order valence-electron chi connectivity index (χ0n) is 15.3. The number of rotatable bonds is 3. The molecule has 144 valence electrons. The van der Waals surface area contributed by atoms with Gasteiger partial charge >= 0.3 is 6.18 Å². The third-order valence-corrected chi connectivity index (χ3v) is 4.72. The third kappa shape index (κ3) is 4.60. The molecule has 0 saturated carbocycles. The quantitative estimate of drug-likeness (QED) is 0.878. The molecule has 1 aliphatic heterocycles. The highest BCUT2D eigenvalue weighted by atomic mass is 19.4. The Labute approximate surface area is 156 Å². The number of carbonyl (C=O) groups excluding carboxylic acids is 1. The number of benzene rings is 2. The summed E-state index contributed by atoms with van der Waals surface area (Å²) in [5, 5.41) is 2.56. The summed E-state index contributed by atoms with van der Waals surface area (Å²) in [7, 11) is 1.95. The fourth-order valence-electron chi connectivity index (χ4n) is 3.07. The first kappa shape index (κ1) is 19.2. The second-order valence-corrected chi connectivity index (χ2v) is 6.84. The van der Waals surface area contributed by atoms with Crippen LogP contribution in [0.1, 0.15) is 21.5 Å². The van der Waals surface area contributed by atoms with Crippen molar-refractivity contribution in [1.82, 2.24) is 4.90 Å². The number of halogens is 3. The third-order valence-electron chi connectivity index (χ3n) is 4.72. The largest absolute Gasteiger partial charge is 0.418 e. The Bertz CT molecular complexity index is 810. The van der Waals surface area contributed by atoms with E-state index in [1.165, 1.54) is 12.1 Å². The Morgan fingerprint density at radius 2 is 1.63 bits per heavy atom. The average molecular weight is 377 g/mol. The molecule has 27 heavy (non-hydrogen) atoms. The number of amides is 1. The minimum absolute atomic E-state index is 0.130. The highest BCUT2D eigenvalue weighted by Gasteiger charge is 2.35. The normalized spacial score (nSPS) is 15.7. The minimum Gasteiger partial charge on any atom is -0.368 e. The second kappa shape index (κ2) is 7.60. The summed E-state index contributed by atoms with van der Waals surface area (Å²) in [6, 6.07) is 10.8. The lowest BCUT2D eigenvalue weighted by atomic mass is 10.1. The van der Waals surface area contributed by atoms with Crippen molar-refractivity contribution in [3.63, 3.8) is 0 Å². The zero-order valence-corrected chi connectivity index (χ0v) is 15.3. The molecule has 3 rings (SSSR count). The molecule has 0 aromatic heterocycles. The molecule has 0 unspecified atom stereocenters. The maximum atomic E-state index is 13.6. The van der Waals surface area contributed by atoms with Gasteiger partial charge in [-0.05, 0) is 44.3 Å². The second-order valence-electron chi connectivity index (χ2n) is 6.84. The van der Waals surface area contributed by atoms with E-state index in [0.717, 1.165) is 11.6 Å². The Hall–Kier alpha value is -2.54. The molecule has 1 saturated heterocycles. The van der Waals surface area contributed by atoms with Crippen molar-refractivity contribution in [2.75, 3.05) is 43.4 Å². The van der Waals surface area contributed by atoms with Crippen molar-refractivity contribution < 1.29 is 18.0 Å². The number of nitrogens with zero attached hydrogens (tertiary/aromatic N) is 2. The molecule has 0 radical (unpaired) electrons. The van der Waals surface area contributed by atoms with Gasteiger partial charge in [-0.25, -0.2) is 0 Å². The van der Waals surface area contributed by atoms with Crippen LogP contribution in [0.25, 0.3) is 0 Å². The number of hydrogen-bond donors (Lipinski definition) is 1. The van der Waals surface area contributed by atoms with Crippen LogP contribution in [0.5, 0.6) is 0 Å². The summed E-state index contributed by atoms with van der Waals surface area (Å²) in [5.74, 6) is -0.435. The van der Waals surface area contributed by atoms with Crippen molar-refractivity contribution in [3.05, 3.63) is 59.2 Å². The monoisotopic (exact) mass is 377 g/mol. The lowest BCUT2D eigenvalue weighted by Crippen LogP contribution is -2.45. The van der Waals surface area contributed by atoms with E-state index in [4.69, 9.17) is 0 Å². The molecule has 1 amide bonds. The topological polar surface area (TPSA) is 35.6 Å². The van der Waals surface area contributed by atoms with E-state index in [-0.39, 0.29) is 11.4 Å². The van der Waals surface area contributed by atoms with Gasteiger partial charge in [0, 0.05) is 43.1 Å². The molecule has 1 heterocycles. The number of likely N-dealkylation sites (N-methyl/N-ethyl adjacent to an activating group) is 1. The first-order chi connectivity index (χ1) is 12.7. The van der Waals surface area contributed by atoms with Gasteiger partial charge < -0.3 is 15.1 Å². The van der Waals surface area contributed by atoms with Gasteiger partial charge in [0.1, 0.15) is 0 Å². The van der Waals surface area contributed by atoms with E-state index in [0.29, 0.717) is 31.7 Å². The van der Waals surface area contributed by atoms with E-state index in [1.807, 2.05) is 14.0 Å². The Balaban J connectivity index is 1.85. The number of aryl methyl sites for hydroxylation is 1. The highest BCUT2D eigenvalue weighted by molar-refractivity contribution is 6.04. The van der Waals surface area contributed by atoms with Gasteiger partial charge in [0.25, 0.3) is 5.91 Å². The lowest BCUT2D eigenvalue weighted by molar-refractivity contribution is -0.137. The van der Waals surface area contributed by atoms with Gasteiger partial charge in [-0.3, -0.25) is 4.79 Å². The van der Waals surface area contributed by atoms with Crippen LogP contribution >= 0.6 is 0 Å². The zero-order chi connectivity index (χ0) is 19.6. The van der Waals surface area contributed by atoms with Gasteiger partial charge in [0.2, 0.25) is 0 Å². The summed E-state index contributed by atoms with van der Waals surface area (Å²) in [5.41, 5.74) is 0.961. The molecule has 1 fully saturated rings. The van der Waals surface area contributed by atoms with Crippen LogP contribution in [0.3, 0.4) is 0 Å². The van der Waals surface area contributed by atoms with E-state index < -0.39 is 17.6 Å². The van der Waals surface area contributed by atoms with Crippen molar-refractivity contribution in [2.24, 2.45) is 0 Å². The van der Waals surface area contributed by atoms with Gasteiger partial charge in [-0.15, -0.1) is 0 Å². The van der Waals surface area contributed by atoms with Gasteiger partial charge in [0.05, 0.1) is 5.56 Å².